The van der Waals surface area contributed by atoms with Gasteiger partial charge >= 0.3 is 0 Å². The van der Waals surface area contributed by atoms with Crippen molar-refractivity contribution >= 4 is 5.95 Å². The van der Waals surface area contributed by atoms with Crippen molar-refractivity contribution in [2.45, 2.75) is 47.6 Å². The highest BCUT2D eigenvalue weighted by atomic mass is 15.3. The normalized spacial score (nSPS) is 18.0. The van der Waals surface area contributed by atoms with E-state index >= 15 is 0 Å². The van der Waals surface area contributed by atoms with Gasteiger partial charge in [0, 0.05) is 37.1 Å². The lowest BCUT2D eigenvalue weighted by atomic mass is 9.93. The molecule has 0 aliphatic carbocycles. The van der Waals surface area contributed by atoms with E-state index in [9.17, 15) is 0 Å². The highest BCUT2D eigenvalue weighted by molar-refractivity contribution is 5.35. The first-order chi connectivity index (χ1) is 9.37. The maximum atomic E-state index is 4.69. The van der Waals surface area contributed by atoms with Gasteiger partial charge in [-0.25, -0.2) is 9.97 Å². The van der Waals surface area contributed by atoms with Gasteiger partial charge in [0.2, 0.25) is 5.95 Å². The number of hydrogen-bond acceptors (Lipinski definition) is 4. The minimum atomic E-state index is 0.384. The fraction of sp³-hybridized carbons (Fsp3) is 0.750. The van der Waals surface area contributed by atoms with Crippen LogP contribution in [0.15, 0.2) is 6.20 Å². The van der Waals surface area contributed by atoms with Crippen LogP contribution in [0, 0.1) is 18.3 Å². The minimum Gasteiger partial charge on any atom is -0.340 e. The number of nitrogens with zero attached hydrogens (tertiary/aromatic N) is 3. The van der Waals surface area contributed by atoms with Gasteiger partial charge in [-0.3, -0.25) is 0 Å². The van der Waals surface area contributed by atoms with Gasteiger partial charge in [0.25, 0.3) is 0 Å². The van der Waals surface area contributed by atoms with E-state index in [1.807, 2.05) is 6.20 Å². The maximum Gasteiger partial charge on any atom is 0.225 e. The summed E-state index contributed by atoms with van der Waals surface area (Å²) in [6.45, 7) is 15.1. The first kappa shape index (κ1) is 15.2. The van der Waals surface area contributed by atoms with Crippen molar-refractivity contribution in [3.8, 4) is 0 Å². The van der Waals surface area contributed by atoms with Gasteiger partial charge in [-0.05, 0) is 31.2 Å². The van der Waals surface area contributed by atoms with Gasteiger partial charge in [0.1, 0.15) is 0 Å². The zero-order valence-corrected chi connectivity index (χ0v) is 13.5. The van der Waals surface area contributed by atoms with Gasteiger partial charge < -0.3 is 10.2 Å². The summed E-state index contributed by atoms with van der Waals surface area (Å²) in [5.74, 6) is 1.56. The van der Waals surface area contributed by atoms with Gasteiger partial charge in [0.05, 0.1) is 0 Å². The van der Waals surface area contributed by atoms with Crippen LogP contribution in [0.3, 0.4) is 0 Å². The Hall–Kier alpha value is -1.16. The fourth-order valence-electron chi connectivity index (χ4n) is 2.58. The molecule has 20 heavy (non-hydrogen) atoms. The van der Waals surface area contributed by atoms with Gasteiger partial charge in [-0.2, -0.15) is 0 Å². The van der Waals surface area contributed by atoms with Crippen LogP contribution in [0.2, 0.25) is 0 Å². The molecule has 1 aromatic rings. The first-order valence-corrected chi connectivity index (χ1v) is 7.65. The predicted octanol–water partition coefficient (Wildman–Crippen LogP) is 2.77. The van der Waals surface area contributed by atoms with Crippen molar-refractivity contribution in [2.75, 3.05) is 24.5 Å². The van der Waals surface area contributed by atoms with E-state index in [1.54, 1.807) is 0 Å². The third-order valence-electron chi connectivity index (χ3n) is 3.90. The Morgan fingerprint density at radius 2 is 2.15 bits per heavy atom. The van der Waals surface area contributed by atoms with Crippen LogP contribution < -0.4 is 10.2 Å². The summed E-state index contributed by atoms with van der Waals surface area (Å²) >= 11 is 0. The Morgan fingerprint density at radius 3 is 2.70 bits per heavy atom. The standard InChI is InChI=1S/C16H28N4/c1-12(2)8-17-9-14-10-18-15(19-13(14)3)20-7-6-16(4,5)11-20/h10,12,17H,6-9,11H2,1-5H3. The SMILES string of the molecule is Cc1nc(N2CCC(C)(C)C2)ncc1CNCC(C)C. The third-order valence-corrected chi connectivity index (χ3v) is 3.90. The third kappa shape index (κ3) is 3.92. The Labute approximate surface area is 123 Å². The number of nitrogens with one attached hydrogen (secondary N) is 1. The van der Waals surface area contributed by atoms with Crippen LogP contribution in [-0.2, 0) is 6.54 Å². The molecule has 2 heterocycles. The Morgan fingerprint density at radius 1 is 1.40 bits per heavy atom. The largest absolute Gasteiger partial charge is 0.340 e. The molecule has 0 bridgehead atoms. The number of aromatic nitrogens is 2. The Bertz CT molecular complexity index is 454. The molecule has 0 amide bonds. The molecule has 112 valence electrons. The Kier molecular flexibility index (Phi) is 4.63. The van der Waals surface area contributed by atoms with Crippen molar-refractivity contribution in [3.05, 3.63) is 17.5 Å². The molecule has 0 unspecified atom stereocenters. The van der Waals surface area contributed by atoms with Crippen molar-refractivity contribution < 1.29 is 0 Å². The van der Waals surface area contributed by atoms with Crippen LogP contribution in [0.1, 0.15) is 45.4 Å². The molecule has 2 rings (SSSR count). The molecule has 4 nitrogen and oxygen atoms in total. The van der Waals surface area contributed by atoms with E-state index < -0.39 is 0 Å². The highest BCUT2D eigenvalue weighted by Crippen LogP contribution is 2.30. The van der Waals surface area contributed by atoms with E-state index in [1.165, 1.54) is 12.0 Å². The highest BCUT2D eigenvalue weighted by Gasteiger charge is 2.30. The molecule has 1 aliphatic rings. The Balaban J connectivity index is 1.99. The molecule has 1 N–H and O–H groups in total. The van der Waals surface area contributed by atoms with Crippen LogP contribution in [0.25, 0.3) is 0 Å². The number of hydrogen-bond donors (Lipinski definition) is 1. The minimum absolute atomic E-state index is 0.384. The summed E-state index contributed by atoms with van der Waals surface area (Å²) in [5.41, 5.74) is 2.68. The van der Waals surface area contributed by atoms with Crippen LogP contribution in [0.5, 0.6) is 0 Å². The second-order valence-corrected chi connectivity index (χ2v) is 7.14. The van der Waals surface area contributed by atoms with E-state index in [-0.39, 0.29) is 0 Å². The predicted molar refractivity (Wildman–Crippen MR) is 83.9 cm³/mol. The molecule has 1 aliphatic heterocycles. The molecule has 1 aromatic heterocycles. The van der Waals surface area contributed by atoms with Gasteiger partial charge in [-0.15, -0.1) is 0 Å². The lowest BCUT2D eigenvalue weighted by Gasteiger charge is -2.20. The van der Waals surface area contributed by atoms with Gasteiger partial charge in [0.15, 0.2) is 0 Å². The lowest BCUT2D eigenvalue weighted by molar-refractivity contribution is 0.418. The quantitative estimate of drug-likeness (QED) is 0.898. The summed E-state index contributed by atoms with van der Waals surface area (Å²) in [4.78, 5) is 11.6. The lowest BCUT2D eigenvalue weighted by Crippen LogP contribution is -2.25. The summed E-state index contributed by atoms with van der Waals surface area (Å²) in [6.07, 6.45) is 3.20. The van der Waals surface area contributed by atoms with E-state index in [0.29, 0.717) is 11.3 Å². The topological polar surface area (TPSA) is 41.1 Å². The van der Waals surface area contributed by atoms with Crippen molar-refractivity contribution in [3.63, 3.8) is 0 Å². The summed E-state index contributed by atoms with van der Waals surface area (Å²) in [5, 5.41) is 3.45. The average molecular weight is 276 g/mol. The first-order valence-electron chi connectivity index (χ1n) is 7.65. The number of anilines is 1. The zero-order valence-electron chi connectivity index (χ0n) is 13.5. The second kappa shape index (κ2) is 6.08. The number of rotatable bonds is 5. The smallest absolute Gasteiger partial charge is 0.225 e. The molecule has 0 atom stereocenters. The monoisotopic (exact) mass is 276 g/mol. The van der Waals surface area contributed by atoms with E-state index in [4.69, 9.17) is 4.98 Å². The fourth-order valence-corrected chi connectivity index (χ4v) is 2.58. The van der Waals surface area contributed by atoms with Crippen molar-refractivity contribution in [1.29, 1.82) is 0 Å². The van der Waals surface area contributed by atoms with E-state index in [0.717, 1.165) is 37.8 Å². The summed E-state index contributed by atoms with van der Waals surface area (Å²) < 4.78 is 0. The molecular weight excluding hydrogens is 248 g/mol. The van der Waals surface area contributed by atoms with E-state index in [2.05, 4.69) is 49.8 Å². The molecular formula is C16H28N4. The molecule has 0 radical (unpaired) electrons. The van der Waals surface area contributed by atoms with Crippen LogP contribution in [0.4, 0.5) is 5.95 Å². The molecule has 1 saturated heterocycles. The molecule has 0 spiro atoms. The summed E-state index contributed by atoms with van der Waals surface area (Å²) in [7, 11) is 0. The number of aryl methyl sites for hydroxylation is 1. The molecule has 1 fully saturated rings. The van der Waals surface area contributed by atoms with Crippen molar-refractivity contribution in [2.24, 2.45) is 11.3 Å². The average Bonchev–Trinajstić information content (AvgIpc) is 2.71. The van der Waals surface area contributed by atoms with Crippen LogP contribution >= 0.6 is 0 Å². The molecule has 0 aromatic carbocycles. The molecule has 4 heteroatoms. The van der Waals surface area contributed by atoms with Crippen molar-refractivity contribution in [1.82, 2.24) is 15.3 Å². The molecule has 0 saturated carbocycles. The zero-order chi connectivity index (χ0) is 14.8. The summed E-state index contributed by atoms with van der Waals surface area (Å²) in [6, 6.07) is 0. The second-order valence-electron chi connectivity index (χ2n) is 7.14. The maximum absolute atomic E-state index is 4.69. The van der Waals surface area contributed by atoms with Gasteiger partial charge in [-0.1, -0.05) is 27.7 Å². The van der Waals surface area contributed by atoms with Crippen LogP contribution in [-0.4, -0.2) is 29.6 Å².